The average molecular weight is 486 g/mol. The highest BCUT2D eigenvalue weighted by Crippen LogP contribution is 2.29. The molecule has 5 nitrogen and oxygen atoms in total. The smallest absolute Gasteiger partial charge is 0.226 e. The summed E-state index contributed by atoms with van der Waals surface area (Å²) in [5.74, 6) is 1.48. The van der Waals surface area contributed by atoms with Crippen molar-refractivity contribution in [1.29, 1.82) is 0 Å². The fourth-order valence-electron chi connectivity index (χ4n) is 5.88. The largest absolute Gasteiger partial charge is 0.495 e. The highest BCUT2D eigenvalue weighted by atomic mass is 16.5. The van der Waals surface area contributed by atoms with Gasteiger partial charge in [0.15, 0.2) is 0 Å². The van der Waals surface area contributed by atoms with Crippen LogP contribution in [0.1, 0.15) is 37.7 Å². The van der Waals surface area contributed by atoms with E-state index in [1.165, 1.54) is 41.3 Å². The molecule has 1 saturated carbocycles. The van der Waals surface area contributed by atoms with Crippen LogP contribution in [0.3, 0.4) is 0 Å². The Kier molecular flexibility index (Phi) is 8.07. The summed E-state index contributed by atoms with van der Waals surface area (Å²) in [6.45, 7) is 6.34. The monoisotopic (exact) mass is 485 g/mol. The quantitative estimate of drug-likeness (QED) is 0.417. The summed E-state index contributed by atoms with van der Waals surface area (Å²) in [5, 5.41) is 2.50. The zero-order chi connectivity index (χ0) is 24.7. The summed E-state index contributed by atoms with van der Waals surface area (Å²) in [6.07, 6.45) is 5.72. The van der Waals surface area contributed by atoms with E-state index in [0.29, 0.717) is 12.5 Å². The fourth-order valence-corrected chi connectivity index (χ4v) is 5.88. The molecule has 5 rings (SSSR count). The Morgan fingerprint density at radius 2 is 1.61 bits per heavy atom. The Hall–Kier alpha value is -3.05. The lowest BCUT2D eigenvalue weighted by Crippen LogP contribution is -2.49. The van der Waals surface area contributed by atoms with Crippen LogP contribution >= 0.6 is 0 Å². The second-order valence-corrected chi connectivity index (χ2v) is 10.2. The van der Waals surface area contributed by atoms with Crippen molar-refractivity contribution in [3.8, 4) is 5.75 Å². The van der Waals surface area contributed by atoms with Crippen LogP contribution in [0.15, 0.2) is 66.7 Å². The van der Waals surface area contributed by atoms with Gasteiger partial charge in [-0.1, -0.05) is 73.9 Å². The number of methoxy groups -OCH3 is 1. The van der Waals surface area contributed by atoms with Crippen molar-refractivity contribution in [1.82, 2.24) is 9.80 Å². The maximum absolute atomic E-state index is 13.7. The molecule has 1 aliphatic carbocycles. The first-order valence-corrected chi connectivity index (χ1v) is 13.6. The first kappa shape index (κ1) is 24.6. The van der Waals surface area contributed by atoms with Gasteiger partial charge in [-0.05, 0) is 41.3 Å². The number of nitrogens with zero attached hydrogens (tertiary/aromatic N) is 3. The molecule has 0 unspecified atom stereocenters. The SMILES string of the molecule is COc1ccccc1N1CCN(CCN(Cc2cccc3ccccc23)C(=O)C2CCCCC2)CC1. The molecule has 0 atom stereocenters. The molecule has 2 aliphatic rings. The summed E-state index contributed by atoms with van der Waals surface area (Å²) in [6, 6.07) is 23.3. The maximum Gasteiger partial charge on any atom is 0.226 e. The van der Waals surface area contributed by atoms with Crippen molar-refractivity contribution in [2.75, 3.05) is 51.3 Å². The number of hydrogen-bond acceptors (Lipinski definition) is 4. The number of ether oxygens (including phenoxy) is 1. The normalized spacial score (nSPS) is 17.3. The van der Waals surface area contributed by atoms with Gasteiger partial charge in [-0.25, -0.2) is 0 Å². The number of benzene rings is 3. The van der Waals surface area contributed by atoms with E-state index in [-0.39, 0.29) is 5.92 Å². The van der Waals surface area contributed by atoms with E-state index < -0.39 is 0 Å². The number of carbonyl (C=O) groups is 1. The fraction of sp³-hybridized carbons (Fsp3) is 0.452. The Morgan fingerprint density at radius 3 is 2.42 bits per heavy atom. The van der Waals surface area contributed by atoms with Gasteiger partial charge in [-0.3, -0.25) is 9.69 Å². The molecule has 3 aromatic rings. The van der Waals surface area contributed by atoms with E-state index in [0.717, 1.165) is 57.9 Å². The lowest BCUT2D eigenvalue weighted by Gasteiger charge is -2.38. The molecule has 1 saturated heterocycles. The Balaban J connectivity index is 1.25. The highest BCUT2D eigenvalue weighted by molar-refractivity contribution is 5.86. The molecular formula is C31H39N3O2. The van der Waals surface area contributed by atoms with Crippen LogP contribution in [0.25, 0.3) is 10.8 Å². The summed E-state index contributed by atoms with van der Waals surface area (Å²) in [7, 11) is 1.74. The number of hydrogen-bond donors (Lipinski definition) is 0. The number of amides is 1. The minimum absolute atomic E-state index is 0.191. The van der Waals surface area contributed by atoms with E-state index in [4.69, 9.17) is 4.74 Å². The van der Waals surface area contributed by atoms with Crippen molar-refractivity contribution < 1.29 is 9.53 Å². The molecule has 0 aromatic heterocycles. The van der Waals surface area contributed by atoms with Crippen LogP contribution in [-0.2, 0) is 11.3 Å². The molecular weight excluding hydrogens is 446 g/mol. The first-order chi connectivity index (χ1) is 17.7. The Morgan fingerprint density at radius 1 is 0.889 bits per heavy atom. The van der Waals surface area contributed by atoms with Gasteiger partial charge in [0, 0.05) is 51.7 Å². The lowest BCUT2D eigenvalue weighted by molar-refractivity contribution is -0.137. The number of carbonyl (C=O) groups excluding carboxylic acids is 1. The molecule has 0 radical (unpaired) electrons. The Labute approximate surface area is 215 Å². The summed E-state index contributed by atoms with van der Waals surface area (Å²) in [4.78, 5) is 20.8. The van der Waals surface area contributed by atoms with Gasteiger partial charge in [0.05, 0.1) is 12.8 Å². The number of anilines is 1. The van der Waals surface area contributed by atoms with Gasteiger partial charge in [0.1, 0.15) is 5.75 Å². The minimum Gasteiger partial charge on any atom is -0.495 e. The standard InChI is InChI=1S/C31H39N3O2/c1-36-30-17-8-7-16-29(30)33-21-18-32(19-22-33)20-23-34(31(35)26-11-3-2-4-12-26)24-27-14-9-13-25-10-5-6-15-28(25)27/h5-10,13-17,26H,2-4,11-12,18-24H2,1H3. The third kappa shape index (κ3) is 5.67. The molecule has 5 heteroatoms. The second-order valence-electron chi connectivity index (χ2n) is 10.2. The number of para-hydroxylation sites is 2. The van der Waals surface area contributed by atoms with Gasteiger partial charge < -0.3 is 14.5 Å². The predicted octanol–water partition coefficient (Wildman–Crippen LogP) is 5.58. The predicted molar refractivity (Wildman–Crippen MR) is 148 cm³/mol. The first-order valence-electron chi connectivity index (χ1n) is 13.6. The molecule has 1 aliphatic heterocycles. The van der Waals surface area contributed by atoms with Gasteiger partial charge in [-0.15, -0.1) is 0 Å². The second kappa shape index (κ2) is 11.8. The van der Waals surface area contributed by atoms with E-state index in [1.807, 2.05) is 12.1 Å². The van der Waals surface area contributed by atoms with Crippen molar-refractivity contribution in [3.63, 3.8) is 0 Å². The van der Waals surface area contributed by atoms with Crippen LogP contribution in [0, 0.1) is 5.92 Å². The van der Waals surface area contributed by atoms with Gasteiger partial charge in [0.25, 0.3) is 0 Å². The summed E-state index contributed by atoms with van der Waals surface area (Å²) in [5.41, 5.74) is 2.42. The van der Waals surface area contributed by atoms with E-state index in [2.05, 4.69) is 69.3 Å². The topological polar surface area (TPSA) is 36.0 Å². The van der Waals surface area contributed by atoms with Crippen molar-refractivity contribution in [2.45, 2.75) is 38.6 Å². The molecule has 1 heterocycles. The van der Waals surface area contributed by atoms with E-state index in [9.17, 15) is 4.79 Å². The van der Waals surface area contributed by atoms with Crippen molar-refractivity contribution in [3.05, 3.63) is 72.3 Å². The number of rotatable bonds is 8. The van der Waals surface area contributed by atoms with Gasteiger partial charge in [-0.2, -0.15) is 0 Å². The van der Waals surface area contributed by atoms with Crippen molar-refractivity contribution >= 4 is 22.4 Å². The highest BCUT2D eigenvalue weighted by Gasteiger charge is 2.27. The molecule has 3 aromatic carbocycles. The molecule has 36 heavy (non-hydrogen) atoms. The maximum atomic E-state index is 13.7. The Bertz CT molecular complexity index is 1140. The molecule has 2 fully saturated rings. The van der Waals surface area contributed by atoms with Crippen LogP contribution in [0.2, 0.25) is 0 Å². The van der Waals surface area contributed by atoms with E-state index in [1.54, 1.807) is 7.11 Å². The minimum atomic E-state index is 0.191. The molecule has 0 spiro atoms. The number of piperazine rings is 1. The lowest BCUT2D eigenvalue weighted by atomic mass is 9.88. The van der Waals surface area contributed by atoms with Crippen LogP contribution < -0.4 is 9.64 Å². The number of fused-ring (bicyclic) bond motifs is 1. The van der Waals surface area contributed by atoms with Gasteiger partial charge in [0.2, 0.25) is 5.91 Å². The third-order valence-electron chi connectivity index (χ3n) is 7.99. The zero-order valence-corrected chi connectivity index (χ0v) is 21.6. The molecule has 0 bridgehead atoms. The average Bonchev–Trinajstić information content (AvgIpc) is 2.95. The molecule has 0 N–H and O–H groups in total. The van der Waals surface area contributed by atoms with Gasteiger partial charge >= 0.3 is 0 Å². The molecule has 190 valence electrons. The summed E-state index contributed by atoms with van der Waals surface area (Å²) < 4.78 is 5.58. The zero-order valence-electron chi connectivity index (χ0n) is 21.6. The van der Waals surface area contributed by atoms with E-state index >= 15 is 0 Å². The third-order valence-corrected chi connectivity index (χ3v) is 7.99. The van der Waals surface area contributed by atoms with Crippen LogP contribution in [-0.4, -0.2) is 62.1 Å². The van der Waals surface area contributed by atoms with Crippen molar-refractivity contribution in [2.24, 2.45) is 5.92 Å². The molecule has 1 amide bonds. The summed E-state index contributed by atoms with van der Waals surface area (Å²) >= 11 is 0. The van der Waals surface area contributed by atoms with Crippen LogP contribution in [0.4, 0.5) is 5.69 Å². The van der Waals surface area contributed by atoms with Crippen LogP contribution in [0.5, 0.6) is 5.75 Å².